The Kier molecular flexibility index (Phi) is 5.19. The maximum Gasteiger partial charge on any atom is 0.119 e. The zero-order valence-electron chi connectivity index (χ0n) is 11.7. The summed E-state index contributed by atoms with van der Waals surface area (Å²) < 4.78 is 11.0. The van der Waals surface area contributed by atoms with Crippen LogP contribution in [0, 0.1) is 6.92 Å². The number of benzene rings is 1. The number of hydrogen-bond acceptors (Lipinski definition) is 4. The fraction of sp³-hybridized carbons (Fsp3) is 0.600. The third-order valence-corrected chi connectivity index (χ3v) is 3.41. The quantitative estimate of drug-likeness (QED) is 0.875. The lowest BCUT2D eigenvalue weighted by Gasteiger charge is -2.34. The molecule has 4 nitrogen and oxygen atoms in total. The first-order chi connectivity index (χ1) is 9.15. The van der Waals surface area contributed by atoms with Crippen LogP contribution in [-0.4, -0.2) is 55.1 Å². The summed E-state index contributed by atoms with van der Waals surface area (Å²) in [6, 6.07) is 8.24. The number of morpholine rings is 1. The maximum absolute atomic E-state index is 10.0. The molecule has 0 amide bonds. The zero-order valence-corrected chi connectivity index (χ0v) is 11.7. The third kappa shape index (κ3) is 4.49. The van der Waals surface area contributed by atoms with Crippen molar-refractivity contribution in [1.29, 1.82) is 0 Å². The Balaban J connectivity index is 1.74. The molecule has 4 heteroatoms. The molecule has 0 aliphatic carbocycles. The van der Waals surface area contributed by atoms with Gasteiger partial charge in [0.15, 0.2) is 0 Å². The van der Waals surface area contributed by atoms with Crippen LogP contribution in [-0.2, 0) is 4.74 Å². The van der Waals surface area contributed by atoms with Crippen molar-refractivity contribution in [3.8, 4) is 5.75 Å². The molecule has 1 heterocycles. The number of aliphatic hydroxyl groups is 1. The molecule has 2 rings (SSSR count). The minimum Gasteiger partial charge on any atom is -0.491 e. The summed E-state index contributed by atoms with van der Waals surface area (Å²) in [5.41, 5.74) is 1.20. The van der Waals surface area contributed by atoms with E-state index >= 15 is 0 Å². The van der Waals surface area contributed by atoms with E-state index in [1.54, 1.807) is 0 Å². The molecule has 0 bridgehead atoms. The highest BCUT2D eigenvalue weighted by Gasteiger charge is 2.21. The van der Waals surface area contributed by atoms with Crippen LogP contribution in [0.4, 0.5) is 0 Å². The highest BCUT2D eigenvalue weighted by Crippen LogP contribution is 2.12. The summed E-state index contributed by atoms with van der Waals surface area (Å²) in [6.07, 6.45) is -0.471. The second-order valence-electron chi connectivity index (χ2n) is 5.20. The second-order valence-corrected chi connectivity index (χ2v) is 5.20. The first kappa shape index (κ1) is 14.3. The predicted molar refractivity (Wildman–Crippen MR) is 74.5 cm³/mol. The van der Waals surface area contributed by atoms with E-state index < -0.39 is 6.10 Å². The molecule has 2 unspecified atom stereocenters. The lowest BCUT2D eigenvalue weighted by atomic mass is 10.2. The molecule has 1 aromatic rings. The zero-order chi connectivity index (χ0) is 13.7. The Morgan fingerprint density at radius 1 is 1.42 bits per heavy atom. The molecule has 1 fully saturated rings. The van der Waals surface area contributed by atoms with Crippen LogP contribution in [0.15, 0.2) is 24.3 Å². The predicted octanol–water partition coefficient (Wildman–Crippen LogP) is 1.46. The maximum atomic E-state index is 10.0. The summed E-state index contributed by atoms with van der Waals surface area (Å²) in [6.45, 7) is 7.48. The van der Waals surface area contributed by atoms with Crippen molar-refractivity contribution < 1.29 is 14.6 Å². The smallest absolute Gasteiger partial charge is 0.119 e. The van der Waals surface area contributed by atoms with Crippen molar-refractivity contribution in [3.05, 3.63) is 29.8 Å². The van der Waals surface area contributed by atoms with E-state index in [0.717, 1.165) is 25.5 Å². The van der Waals surface area contributed by atoms with E-state index in [2.05, 4.69) is 11.8 Å². The lowest BCUT2D eigenvalue weighted by Crippen LogP contribution is -2.47. The summed E-state index contributed by atoms with van der Waals surface area (Å²) in [5, 5.41) is 10.0. The summed E-state index contributed by atoms with van der Waals surface area (Å²) >= 11 is 0. The van der Waals surface area contributed by atoms with Gasteiger partial charge in [-0.3, -0.25) is 4.90 Å². The molecular formula is C15H23NO3. The van der Waals surface area contributed by atoms with Gasteiger partial charge in [0.1, 0.15) is 18.5 Å². The van der Waals surface area contributed by atoms with Gasteiger partial charge < -0.3 is 14.6 Å². The van der Waals surface area contributed by atoms with Gasteiger partial charge in [0.25, 0.3) is 0 Å². The van der Waals surface area contributed by atoms with Gasteiger partial charge in [0, 0.05) is 19.1 Å². The average Bonchev–Trinajstić information content (AvgIpc) is 2.41. The molecule has 1 N–H and O–H groups in total. The molecule has 0 radical (unpaired) electrons. The number of hydrogen-bond donors (Lipinski definition) is 1. The van der Waals surface area contributed by atoms with Crippen molar-refractivity contribution in [2.45, 2.75) is 26.0 Å². The first-order valence-corrected chi connectivity index (χ1v) is 6.84. The molecular weight excluding hydrogens is 242 g/mol. The van der Waals surface area contributed by atoms with E-state index in [1.165, 1.54) is 5.56 Å². The molecule has 1 aliphatic heterocycles. The summed E-state index contributed by atoms with van der Waals surface area (Å²) in [4.78, 5) is 2.24. The monoisotopic (exact) mass is 265 g/mol. The number of β-amino-alcohol motifs (C(OH)–C–C–N with tert-alkyl or cyclic N) is 1. The SMILES string of the molecule is Cc1ccc(OCC(O)CN2CCOCC2C)cc1. The normalized spacial score (nSPS) is 22.2. The minimum absolute atomic E-state index is 0.327. The van der Waals surface area contributed by atoms with Crippen LogP contribution in [0.3, 0.4) is 0 Å². The molecule has 0 aromatic heterocycles. The fourth-order valence-corrected chi connectivity index (χ4v) is 2.18. The summed E-state index contributed by atoms with van der Waals surface area (Å²) in [7, 11) is 0. The van der Waals surface area contributed by atoms with Crippen LogP contribution < -0.4 is 4.74 Å². The van der Waals surface area contributed by atoms with E-state index in [1.807, 2.05) is 31.2 Å². The number of aryl methyl sites for hydroxylation is 1. The molecule has 19 heavy (non-hydrogen) atoms. The van der Waals surface area contributed by atoms with E-state index in [9.17, 15) is 5.11 Å². The Labute approximate surface area is 114 Å². The van der Waals surface area contributed by atoms with Gasteiger partial charge in [-0.25, -0.2) is 0 Å². The Hall–Kier alpha value is -1.10. The van der Waals surface area contributed by atoms with Crippen LogP contribution in [0.25, 0.3) is 0 Å². The van der Waals surface area contributed by atoms with Crippen molar-refractivity contribution in [3.63, 3.8) is 0 Å². The topological polar surface area (TPSA) is 41.9 Å². The summed E-state index contributed by atoms with van der Waals surface area (Å²) in [5.74, 6) is 0.805. The molecule has 106 valence electrons. The van der Waals surface area contributed by atoms with Gasteiger partial charge in [-0.15, -0.1) is 0 Å². The van der Waals surface area contributed by atoms with Crippen LogP contribution in [0.5, 0.6) is 5.75 Å². The van der Waals surface area contributed by atoms with Gasteiger partial charge in [0.05, 0.1) is 13.2 Å². The van der Waals surface area contributed by atoms with Crippen molar-refractivity contribution in [2.75, 3.05) is 32.9 Å². The number of nitrogens with zero attached hydrogens (tertiary/aromatic N) is 1. The third-order valence-electron chi connectivity index (χ3n) is 3.41. The van der Waals surface area contributed by atoms with Crippen LogP contribution >= 0.6 is 0 Å². The first-order valence-electron chi connectivity index (χ1n) is 6.84. The highest BCUT2D eigenvalue weighted by molar-refractivity contribution is 5.26. The highest BCUT2D eigenvalue weighted by atomic mass is 16.5. The Morgan fingerprint density at radius 3 is 2.84 bits per heavy atom. The lowest BCUT2D eigenvalue weighted by molar-refractivity contribution is -0.0265. The molecule has 1 saturated heterocycles. The Morgan fingerprint density at radius 2 is 2.16 bits per heavy atom. The van der Waals surface area contributed by atoms with Crippen molar-refractivity contribution >= 4 is 0 Å². The van der Waals surface area contributed by atoms with Crippen molar-refractivity contribution in [1.82, 2.24) is 4.90 Å². The Bertz CT molecular complexity index is 379. The van der Waals surface area contributed by atoms with Gasteiger partial charge in [-0.1, -0.05) is 17.7 Å². The van der Waals surface area contributed by atoms with E-state index in [0.29, 0.717) is 19.2 Å². The largest absolute Gasteiger partial charge is 0.491 e. The van der Waals surface area contributed by atoms with Gasteiger partial charge in [-0.05, 0) is 26.0 Å². The number of ether oxygens (including phenoxy) is 2. The number of aliphatic hydroxyl groups excluding tert-OH is 1. The number of rotatable bonds is 5. The fourth-order valence-electron chi connectivity index (χ4n) is 2.18. The average molecular weight is 265 g/mol. The molecule has 2 atom stereocenters. The van der Waals surface area contributed by atoms with Gasteiger partial charge in [0.2, 0.25) is 0 Å². The standard InChI is InChI=1S/C15H23NO3/c1-12-3-5-15(6-4-12)19-11-14(17)9-16-7-8-18-10-13(16)2/h3-6,13-14,17H,7-11H2,1-2H3. The molecule has 1 aliphatic rings. The van der Waals surface area contributed by atoms with E-state index in [-0.39, 0.29) is 0 Å². The van der Waals surface area contributed by atoms with Crippen molar-refractivity contribution in [2.24, 2.45) is 0 Å². The molecule has 1 aromatic carbocycles. The van der Waals surface area contributed by atoms with Crippen LogP contribution in [0.2, 0.25) is 0 Å². The minimum atomic E-state index is -0.471. The second kappa shape index (κ2) is 6.89. The van der Waals surface area contributed by atoms with Gasteiger partial charge >= 0.3 is 0 Å². The van der Waals surface area contributed by atoms with Crippen LogP contribution in [0.1, 0.15) is 12.5 Å². The molecule has 0 spiro atoms. The van der Waals surface area contributed by atoms with E-state index in [4.69, 9.17) is 9.47 Å². The van der Waals surface area contributed by atoms with Gasteiger partial charge in [-0.2, -0.15) is 0 Å². The molecule has 0 saturated carbocycles.